The van der Waals surface area contributed by atoms with Gasteiger partial charge in [0.05, 0.1) is 32.6 Å². The van der Waals surface area contributed by atoms with E-state index in [1.165, 1.54) is 14.2 Å². The first-order valence-electron chi connectivity index (χ1n) is 9.95. The van der Waals surface area contributed by atoms with Gasteiger partial charge in [0, 0.05) is 6.42 Å². The van der Waals surface area contributed by atoms with Gasteiger partial charge in [0.2, 0.25) is 0 Å². The predicted octanol–water partition coefficient (Wildman–Crippen LogP) is 3.40. The average Bonchev–Trinajstić information content (AvgIpc) is 3.16. The third-order valence-corrected chi connectivity index (χ3v) is 5.33. The third kappa shape index (κ3) is 3.81. The number of amides is 1. The molecule has 31 heavy (non-hydrogen) atoms. The molecule has 2 aromatic carbocycles. The zero-order valence-corrected chi connectivity index (χ0v) is 18.0. The van der Waals surface area contributed by atoms with Crippen molar-refractivity contribution in [1.29, 1.82) is 0 Å². The maximum absolute atomic E-state index is 13.2. The van der Waals surface area contributed by atoms with E-state index in [4.69, 9.17) is 14.2 Å². The Bertz CT molecular complexity index is 928. The van der Waals surface area contributed by atoms with E-state index in [-0.39, 0.29) is 13.0 Å². The summed E-state index contributed by atoms with van der Waals surface area (Å²) >= 11 is 0. The SMILES string of the molecule is CCOC(=O)N1N(c2ccccc2)C(c2ccc(C)cc2)CC1(C(=O)OC)C(=O)OC. The van der Waals surface area contributed by atoms with Crippen LogP contribution >= 0.6 is 0 Å². The largest absolute Gasteiger partial charge is 0.467 e. The number of nitrogens with zero attached hydrogens (tertiary/aromatic N) is 2. The quantitative estimate of drug-likeness (QED) is 0.411. The molecule has 0 aliphatic carbocycles. The molecule has 1 atom stereocenters. The number of aryl methyl sites for hydroxylation is 1. The van der Waals surface area contributed by atoms with Crippen LogP contribution in [0.4, 0.5) is 10.5 Å². The summed E-state index contributed by atoms with van der Waals surface area (Å²) in [6.07, 6.45) is -0.917. The molecule has 0 spiro atoms. The van der Waals surface area contributed by atoms with Crippen molar-refractivity contribution in [3.05, 3.63) is 65.7 Å². The Balaban J connectivity index is 2.28. The van der Waals surface area contributed by atoms with Crippen LogP contribution in [-0.2, 0) is 23.8 Å². The van der Waals surface area contributed by atoms with E-state index in [0.717, 1.165) is 16.1 Å². The maximum atomic E-state index is 13.2. The van der Waals surface area contributed by atoms with Crippen molar-refractivity contribution in [2.75, 3.05) is 25.8 Å². The summed E-state index contributed by atoms with van der Waals surface area (Å²) in [5.41, 5.74) is 0.443. The summed E-state index contributed by atoms with van der Waals surface area (Å²) in [7, 11) is 2.34. The number of methoxy groups -OCH3 is 2. The molecule has 164 valence electrons. The van der Waals surface area contributed by atoms with Crippen LogP contribution in [0, 0.1) is 6.92 Å². The Morgan fingerprint density at radius 1 is 0.968 bits per heavy atom. The van der Waals surface area contributed by atoms with Gasteiger partial charge in [0.25, 0.3) is 5.54 Å². The molecular formula is C23H26N2O6. The standard InChI is InChI=1S/C23H26N2O6/c1-5-31-22(28)25-23(20(26)29-3,21(27)30-4)15-19(17-13-11-16(2)12-14-17)24(25)18-9-7-6-8-10-18/h6-14,19H,5,15H2,1-4H3. The first kappa shape index (κ1) is 22.1. The van der Waals surface area contributed by atoms with Gasteiger partial charge < -0.3 is 14.2 Å². The molecule has 1 amide bonds. The van der Waals surface area contributed by atoms with Gasteiger partial charge in [0.1, 0.15) is 0 Å². The fraction of sp³-hybridized carbons (Fsp3) is 0.348. The van der Waals surface area contributed by atoms with E-state index in [0.29, 0.717) is 5.69 Å². The minimum absolute atomic E-state index is 0.0611. The zero-order chi connectivity index (χ0) is 22.6. The highest BCUT2D eigenvalue weighted by Crippen LogP contribution is 2.47. The Morgan fingerprint density at radius 2 is 1.55 bits per heavy atom. The minimum atomic E-state index is -2.04. The van der Waals surface area contributed by atoms with E-state index >= 15 is 0 Å². The molecule has 1 fully saturated rings. The number of para-hydroxylation sites is 1. The van der Waals surface area contributed by atoms with Crippen LogP contribution in [0.25, 0.3) is 0 Å². The molecule has 3 rings (SSSR count). The highest BCUT2D eigenvalue weighted by atomic mass is 16.6. The molecule has 1 heterocycles. The summed E-state index contributed by atoms with van der Waals surface area (Å²) in [4.78, 5) is 39.3. The number of anilines is 1. The number of hydrogen-bond donors (Lipinski definition) is 0. The lowest BCUT2D eigenvalue weighted by Gasteiger charge is -2.38. The van der Waals surface area contributed by atoms with Crippen LogP contribution in [0.5, 0.6) is 0 Å². The Kier molecular flexibility index (Phi) is 6.48. The smallest absolute Gasteiger partial charge is 0.430 e. The first-order chi connectivity index (χ1) is 14.9. The first-order valence-corrected chi connectivity index (χ1v) is 9.95. The van der Waals surface area contributed by atoms with E-state index in [1.807, 2.05) is 37.3 Å². The van der Waals surface area contributed by atoms with Gasteiger partial charge >= 0.3 is 18.0 Å². The second kappa shape index (κ2) is 9.07. The topological polar surface area (TPSA) is 85.4 Å². The van der Waals surface area contributed by atoms with E-state index in [9.17, 15) is 14.4 Å². The molecule has 1 aliphatic heterocycles. The summed E-state index contributed by atoms with van der Waals surface area (Å²) in [6.45, 7) is 3.67. The lowest BCUT2D eigenvalue weighted by Crippen LogP contribution is -2.63. The molecule has 1 unspecified atom stereocenters. The van der Waals surface area contributed by atoms with Crippen molar-refractivity contribution in [1.82, 2.24) is 5.01 Å². The van der Waals surface area contributed by atoms with Crippen LogP contribution in [-0.4, -0.2) is 49.4 Å². The van der Waals surface area contributed by atoms with Gasteiger partial charge in [-0.25, -0.2) is 14.4 Å². The van der Waals surface area contributed by atoms with Gasteiger partial charge in [-0.1, -0.05) is 48.0 Å². The van der Waals surface area contributed by atoms with E-state index < -0.39 is 29.6 Å². The van der Waals surface area contributed by atoms with Crippen molar-refractivity contribution in [3.8, 4) is 0 Å². The molecule has 8 heteroatoms. The van der Waals surface area contributed by atoms with E-state index in [1.54, 1.807) is 36.2 Å². The van der Waals surface area contributed by atoms with Crippen molar-refractivity contribution >= 4 is 23.7 Å². The van der Waals surface area contributed by atoms with E-state index in [2.05, 4.69) is 0 Å². The number of hydrazine groups is 1. The normalized spacial score (nSPS) is 17.2. The Hall–Kier alpha value is -3.55. The summed E-state index contributed by atoms with van der Waals surface area (Å²) in [6, 6.07) is 16.2. The molecule has 0 bridgehead atoms. The number of ether oxygens (including phenoxy) is 3. The molecule has 0 N–H and O–H groups in total. The van der Waals surface area contributed by atoms with Gasteiger partial charge in [-0.05, 0) is 31.5 Å². The highest BCUT2D eigenvalue weighted by molar-refractivity contribution is 6.08. The lowest BCUT2D eigenvalue weighted by atomic mass is 9.89. The van der Waals surface area contributed by atoms with Crippen LogP contribution in [0.3, 0.4) is 0 Å². The maximum Gasteiger partial charge on any atom is 0.430 e. The van der Waals surface area contributed by atoms with Crippen molar-refractivity contribution in [3.63, 3.8) is 0 Å². The number of carbonyl (C=O) groups is 3. The summed E-state index contributed by atoms with van der Waals surface area (Å²) in [5, 5.41) is 2.64. The number of rotatable bonds is 5. The van der Waals surface area contributed by atoms with Crippen LogP contribution in [0.2, 0.25) is 0 Å². The Labute approximate surface area is 181 Å². The zero-order valence-electron chi connectivity index (χ0n) is 18.0. The molecule has 2 aromatic rings. The second-order valence-electron chi connectivity index (χ2n) is 7.16. The molecule has 1 saturated heterocycles. The van der Waals surface area contributed by atoms with Gasteiger partial charge in [0.15, 0.2) is 0 Å². The van der Waals surface area contributed by atoms with Gasteiger partial charge in [-0.2, -0.15) is 5.01 Å². The minimum Gasteiger partial charge on any atom is -0.467 e. The number of carbonyl (C=O) groups excluding carboxylic acids is 3. The van der Waals surface area contributed by atoms with Gasteiger partial charge in [-0.15, -0.1) is 0 Å². The fourth-order valence-corrected chi connectivity index (χ4v) is 3.89. The van der Waals surface area contributed by atoms with Crippen LogP contribution < -0.4 is 5.01 Å². The van der Waals surface area contributed by atoms with Crippen LogP contribution in [0.15, 0.2) is 54.6 Å². The molecule has 8 nitrogen and oxygen atoms in total. The number of hydrogen-bond acceptors (Lipinski definition) is 7. The van der Waals surface area contributed by atoms with Crippen molar-refractivity contribution < 1.29 is 28.6 Å². The lowest BCUT2D eigenvalue weighted by molar-refractivity contribution is -0.169. The highest BCUT2D eigenvalue weighted by Gasteiger charge is 2.65. The van der Waals surface area contributed by atoms with Crippen LogP contribution in [0.1, 0.15) is 30.5 Å². The molecule has 1 aliphatic rings. The summed E-state index contributed by atoms with van der Waals surface area (Å²) < 4.78 is 15.2. The average molecular weight is 426 g/mol. The monoisotopic (exact) mass is 426 g/mol. The fourth-order valence-electron chi connectivity index (χ4n) is 3.89. The predicted molar refractivity (Wildman–Crippen MR) is 113 cm³/mol. The van der Waals surface area contributed by atoms with Crippen molar-refractivity contribution in [2.24, 2.45) is 0 Å². The second-order valence-corrected chi connectivity index (χ2v) is 7.16. The number of esters is 2. The third-order valence-electron chi connectivity index (χ3n) is 5.33. The molecule has 0 radical (unpaired) electrons. The van der Waals surface area contributed by atoms with Crippen molar-refractivity contribution in [2.45, 2.75) is 31.8 Å². The Morgan fingerprint density at radius 3 is 2.06 bits per heavy atom. The molecular weight excluding hydrogens is 400 g/mol. The molecule has 0 aromatic heterocycles. The molecule has 0 saturated carbocycles. The van der Waals surface area contributed by atoms with Gasteiger partial charge in [-0.3, -0.25) is 5.01 Å². The summed E-state index contributed by atoms with van der Waals surface area (Å²) in [5.74, 6) is -1.80. The number of benzene rings is 2.